The van der Waals surface area contributed by atoms with E-state index >= 15 is 0 Å². The van der Waals surface area contributed by atoms with E-state index in [0.29, 0.717) is 5.95 Å². The van der Waals surface area contributed by atoms with E-state index in [1.165, 1.54) is 81.2 Å². The fourth-order valence-electron chi connectivity index (χ4n) is 9.59. The normalized spacial score (nSPS) is 12.8. The number of rotatable bonds is 4. The van der Waals surface area contributed by atoms with Crippen LogP contribution in [0.25, 0.3) is 103 Å². The van der Waals surface area contributed by atoms with Crippen LogP contribution in [0.1, 0.15) is 22.3 Å². The second-order valence-corrected chi connectivity index (χ2v) is 16.3. The highest BCUT2D eigenvalue weighted by molar-refractivity contribution is 7.26. The summed E-state index contributed by atoms with van der Waals surface area (Å²) in [4.78, 5) is 11.1. The van der Waals surface area contributed by atoms with Crippen molar-refractivity contribution in [2.24, 2.45) is 0 Å². The summed E-state index contributed by atoms with van der Waals surface area (Å²) in [6, 6.07) is 68.5. The topological polar surface area (TPSA) is 30.7 Å². The molecule has 3 heterocycles. The number of nitrogens with zero attached hydrogens (tertiary/aromatic N) is 3. The van der Waals surface area contributed by atoms with Gasteiger partial charge in [-0.25, -0.2) is 9.97 Å². The lowest BCUT2D eigenvalue weighted by molar-refractivity contribution is 1.02. The van der Waals surface area contributed by atoms with Crippen molar-refractivity contribution in [3.05, 3.63) is 210 Å². The number of fused-ring (bicyclic) bond motifs is 5. The maximum absolute atomic E-state index is 5.59. The van der Waals surface area contributed by atoms with Crippen LogP contribution >= 0.6 is 11.3 Å². The highest BCUT2D eigenvalue weighted by Gasteiger charge is 2.29. The van der Waals surface area contributed by atoms with Gasteiger partial charge in [0.1, 0.15) is 0 Å². The van der Waals surface area contributed by atoms with Crippen LogP contribution in [0.2, 0.25) is 0 Å². The van der Waals surface area contributed by atoms with Crippen LogP contribution in [0.3, 0.4) is 0 Å². The first kappa shape index (κ1) is 31.8. The summed E-state index contributed by atoms with van der Waals surface area (Å²) in [5.41, 5.74) is 12.5. The van der Waals surface area contributed by atoms with E-state index < -0.39 is 0 Å². The first-order valence-corrected chi connectivity index (χ1v) is 20.6. The van der Waals surface area contributed by atoms with Gasteiger partial charge in [-0.15, -0.1) is 11.3 Å². The minimum Gasteiger partial charge on any atom is -0.278 e. The molecule has 1 aliphatic rings. The molecule has 13 rings (SSSR count). The highest BCUT2D eigenvalue weighted by Crippen LogP contribution is 2.50. The van der Waals surface area contributed by atoms with Gasteiger partial charge in [0, 0.05) is 26.4 Å². The van der Waals surface area contributed by atoms with Gasteiger partial charge in [0.15, 0.2) is 0 Å². The minimum atomic E-state index is 0.674. The maximum atomic E-state index is 5.59. The van der Waals surface area contributed by atoms with E-state index in [1.807, 2.05) is 0 Å². The molecule has 4 heteroatoms. The lowest BCUT2D eigenvalue weighted by atomic mass is 9.85. The van der Waals surface area contributed by atoms with Gasteiger partial charge < -0.3 is 0 Å². The summed E-state index contributed by atoms with van der Waals surface area (Å²) in [6.45, 7) is 0. The summed E-state index contributed by atoms with van der Waals surface area (Å²) >= 11 is 1.77. The minimum absolute atomic E-state index is 0.674. The predicted octanol–water partition coefficient (Wildman–Crippen LogP) is 14.4. The molecule has 58 heavy (non-hydrogen) atoms. The van der Waals surface area contributed by atoms with Gasteiger partial charge in [0.25, 0.3) is 0 Å². The Morgan fingerprint density at radius 2 is 1.00 bits per heavy atom. The Bertz CT molecular complexity index is 3740. The Kier molecular flexibility index (Phi) is 6.60. The molecular weight excluding hydrogens is 723 g/mol. The summed E-state index contributed by atoms with van der Waals surface area (Å²) in [6.07, 6.45) is 0. The largest absolute Gasteiger partial charge is 0.278 e. The standard InChI is InChI=1S/C54H31N3S/c1-2-14-34(15-3-1)46-41-20-10-18-35-28-29-44-50(47(35)41)49-42(48(46)38-26-24-32-12-4-6-16-36(32)30-38)21-11-22-43(49)57(44)54-55-51(39-27-25-33-13-5-7-17-37(33)31-39)53-52(56-54)40-19-8-9-23-45(40)58-53/h1-31H. The molecule has 0 atom stereocenters. The lowest BCUT2D eigenvalue weighted by Gasteiger charge is -2.19. The molecule has 3 nitrogen and oxygen atoms in total. The Balaban J connectivity index is 1.18. The van der Waals surface area contributed by atoms with Gasteiger partial charge in [-0.2, -0.15) is 0 Å². The van der Waals surface area contributed by atoms with Crippen molar-refractivity contribution in [2.75, 3.05) is 0 Å². The lowest BCUT2D eigenvalue weighted by Crippen LogP contribution is -2.03. The molecule has 0 N–H and O–H groups in total. The van der Waals surface area contributed by atoms with E-state index in [1.54, 1.807) is 11.3 Å². The molecule has 9 aromatic carbocycles. The van der Waals surface area contributed by atoms with Crippen molar-refractivity contribution in [3.8, 4) is 17.2 Å². The first-order chi connectivity index (χ1) is 28.8. The average molecular weight is 754 g/mol. The molecule has 0 radical (unpaired) electrons. The quantitative estimate of drug-likeness (QED) is 0.179. The zero-order valence-corrected chi connectivity index (χ0v) is 32.0. The number of benzene rings is 9. The van der Waals surface area contributed by atoms with Crippen LogP contribution < -0.4 is 0 Å². The highest BCUT2D eigenvalue weighted by atomic mass is 32.1. The summed E-state index contributed by atoms with van der Waals surface area (Å²) in [5, 5.41) is 10.9. The smallest absolute Gasteiger partial charge is 0.235 e. The van der Waals surface area contributed by atoms with Crippen molar-refractivity contribution >= 4 is 96.9 Å². The molecule has 1 aliphatic carbocycles. The molecule has 0 amide bonds. The second kappa shape index (κ2) is 12.1. The van der Waals surface area contributed by atoms with Crippen molar-refractivity contribution in [2.45, 2.75) is 0 Å². The first-order valence-electron chi connectivity index (χ1n) is 19.7. The van der Waals surface area contributed by atoms with E-state index in [9.17, 15) is 0 Å². The van der Waals surface area contributed by atoms with Gasteiger partial charge in [0.05, 0.1) is 26.9 Å². The summed E-state index contributed by atoms with van der Waals surface area (Å²) in [5.74, 6) is 0.674. The van der Waals surface area contributed by atoms with Gasteiger partial charge in [0.2, 0.25) is 5.95 Å². The Morgan fingerprint density at radius 1 is 0.397 bits per heavy atom. The van der Waals surface area contributed by atoms with Crippen LogP contribution in [0, 0.1) is 0 Å². The van der Waals surface area contributed by atoms with Crippen molar-refractivity contribution < 1.29 is 0 Å². The van der Waals surface area contributed by atoms with Crippen molar-refractivity contribution in [1.29, 1.82) is 0 Å². The molecule has 0 saturated heterocycles. The zero-order valence-electron chi connectivity index (χ0n) is 31.1. The Labute approximate surface area is 337 Å². The molecule has 0 bridgehead atoms. The monoisotopic (exact) mass is 753 g/mol. The number of hydrogen-bond donors (Lipinski definition) is 0. The van der Waals surface area contributed by atoms with Crippen LogP contribution in [0.15, 0.2) is 188 Å². The fraction of sp³-hybridized carbons (Fsp3) is 0. The SMILES string of the molecule is c1ccc(C2=C(c3ccc4ccccc4c3)c3cccc4c3c3c5c2cccc5ccc3n4-c2nc(-c3ccc4ccccc4c3)c3sc4ccccc4c3n2)cc1. The van der Waals surface area contributed by atoms with Gasteiger partial charge in [-0.1, -0.05) is 158 Å². The van der Waals surface area contributed by atoms with Crippen LogP contribution in [-0.4, -0.2) is 14.5 Å². The molecule has 0 saturated carbocycles. The molecule has 0 spiro atoms. The molecule has 0 aliphatic heterocycles. The van der Waals surface area contributed by atoms with Gasteiger partial charge in [-0.3, -0.25) is 4.57 Å². The molecule has 268 valence electrons. The van der Waals surface area contributed by atoms with Crippen LogP contribution in [0.4, 0.5) is 0 Å². The van der Waals surface area contributed by atoms with E-state index in [-0.39, 0.29) is 0 Å². The maximum Gasteiger partial charge on any atom is 0.235 e. The van der Waals surface area contributed by atoms with Gasteiger partial charge >= 0.3 is 0 Å². The second-order valence-electron chi connectivity index (χ2n) is 15.3. The fourth-order valence-corrected chi connectivity index (χ4v) is 10.7. The van der Waals surface area contributed by atoms with E-state index in [0.717, 1.165) is 37.9 Å². The third kappa shape index (κ3) is 4.49. The molecule has 3 aromatic heterocycles. The number of aromatic nitrogens is 3. The van der Waals surface area contributed by atoms with Crippen molar-refractivity contribution in [1.82, 2.24) is 14.5 Å². The van der Waals surface area contributed by atoms with Crippen molar-refractivity contribution in [3.63, 3.8) is 0 Å². The Morgan fingerprint density at radius 3 is 1.81 bits per heavy atom. The van der Waals surface area contributed by atoms with Crippen LogP contribution in [0.5, 0.6) is 0 Å². The van der Waals surface area contributed by atoms with Gasteiger partial charge in [-0.05, 0) is 96.0 Å². The summed E-state index contributed by atoms with van der Waals surface area (Å²) in [7, 11) is 0. The van der Waals surface area contributed by atoms with Crippen LogP contribution in [-0.2, 0) is 0 Å². The third-order valence-electron chi connectivity index (χ3n) is 12.1. The molecule has 0 fully saturated rings. The molecule has 12 aromatic rings. The Hall–Kier alpha value is -7.40. The number of thiophene rings is 1. The average Bonchev–Trinajstić information content (AvgIpc) is 3.79. The predicted molar refractivity (Wildman–Crippen MR) is 245 cm³/mol. The molecule has 0 unspecified atom stereocenters. The third-order valence-corrected chi connectivity index (χ3v) is 13.3. The van der Waals surface area contributed by atoms with E-state index in [4.69, 9.17) is 9.97 Å². The molecular formula is C54H31N3S. The van der Waals surface area contributed by atoms with E-state index in [2.05, 4.69) is 193 Å². The number of hydrogen-bond acceptors (Lipinski definition) is 3. The zero-order chi connectivity index (χ0) is 37.9. The summed E-state index contributed by atoms with van der Waals surface area (Å²) < 4.78 is 4.63.